The molecule has 0 bridgehead atoms. The van der Waals surface area contributed by atoms with Crippen LogP contribution in [-0.2, 0) is 0 Å². The summed E-state index contributed by atoms with van der Waals surface area (Å²) in [5.41, 5.74) is 0.979. The van der Waals surface area contributed by atoms with E-state index >= 15 is 0 Å². The lowest BCUT2D eigenvalue weighted by Gasteiger charge is -2.10. The molecule has 8 heteroatoms. The summed E-state index contributed by atoms with van der Waals surface area (Å²) >= 11 is 0. The molecular weight excluding hydrogens is 253 g/mol. The lowest BCUT2D eigenvalue weighted by molar-refractivity contribution is 0.194. The monoisotopic (exact) mass is 262 g/mol. The number of hydrogen-bond donors (Lipinski definition) is 3. The van der Waals surface area contributed by atoms with E-state index in [1.54, 1.807) is 5.43 Å². The highest BCUT2D eigenvalue weighted by Crippen LogP contribution is 2.15. The predicted molar refractivity (Wildman–Crippen MR) is 55.7 cm³/mol. The molecule has 1 amide bonds. The molecule has 0 saturated heterocycles. The van der Waals surface area contributed by atoms with Gasteiger partial charge in [0, 0.05) is 5.56 Å². The molecule has 0 heterocycles. The smallest absolute Gasteiger partial charge is 0.425 e. The van der Waals surface area contributed by atoms with E-state index in [2.05, 4.69) is 5.10 Å². The number of aliphatic hydroxyl groups is 1. The number of aliphatic hydroxyl groups excluding tert-OH is 1. The zero-order chi connectivity index (χ0) is 13.9. The normalized spacial score (nSPS) is 13.3. The Labute approximate surface area is 99.6 Å². The van der Waals surface area contributed by atoms with E-state index in [4.69, 9.17) is 5.11 Å². The zero-order valence-electron chi connectivity index (χ0n) is 9.12. The maximum Gasteiger partial charge on any atom is 0.425 e. The number of halogens is 3. The number of nitrogens with zero attached hydrogens (tertiary/aromatic N) is 1. The van der Waals surface area contributed by atoms with E-state index in [1.807, 2.05) is 0 Å². The highest BCUT2D eigenvalue weighted by atomic mass is 19.2. The van der Waals surface area contributed by atoms with Crippen molar-refractivity contribution in [2.45, 2.75) is 13.0 Å². The minimum atomic E-state index is -1.66. The van der Waals surface area contributed by atoms with Gasteiger partial charge in [0.05, 0.1) is 11.8 Å². The SMILES string of the molecule is CC(O)C(=NNC(=O)O)c1cc(F)c(F)c(F)c1. The molecule has 0 aromatic heterocycles. The van der Waals surface area contributed by atoms with E-state index in [-0.39, 0.29) is 11.3 Å². The van der Waals surface area contributed by atoms with Gasteiger partial charge in [-0.15, -0.1) is 0 Å². The fourth-order valence-electron chi connectivity index (χ4n) is 1.21. The number of benzene rings is 1. The summed E-state index contributed by atoms with van der Waals surface area (Å²) in [4.78, 5) is 10.2. The summed E-state index contributed by atoms with van der Waals surface area (Å²) in [6.45, 7) is 1.21. The van der Waals surface area contributed by atoms with Crippen LogP contribution in [0.1, 0.15) is 12.5 Å². The third-order valence-electron chi connectivity index (χ3n) is 1.95. The lowest BCUT2D eigenvalue weighted by atomic mass is 10.1. The van der Waals surface area contributed by atoms with E-state index < -0.39 is 29.6 Å². The second-order valence-electron chi connectivity index (χ2n) is 3.34. The van der Waals surface area contributed by atoms with E-state index in [0.717, 1.165) is 0 Å². The minimum Gasteiger partial charge on any atom is -0.464 e. The Morgan fingerprint density at radius 3 is 2.22 bits per heavy atom. The van der Waals surface area contributed by atoms with Crippen LogP contribution in [0.15, 0.2) is 17.2 Å². The van der Waals surface area contributed by atoms with Gasteiger partial charge in [-0.05, 0) is 19.1 Å². The lowest BCUT2D eigenvalue weighted by Crippen LogP contribution is -2.24. The fourth-order valence-corrected chi connectivity index (χ4v) is 1.21. The summed E-state index contributed by atoms with van der Waals surface area (Å²) < 4.78 is 38.7. The van der Waals surface area contributed by atoms with Gasteiger partial charge in [0.25, 0.3) is 0 Å². The zero-order valence-corrected chi connectivity index (χ0v) is 9.12. The highest BCUT2D eigenvalue weighted by molar-refractivity contribution is 6.03. The Morgan fingerprint density at radius 2 is 1.83 bits per heavy atom. The van der Waals surface area contributed by atoms with Crippen molar-refractivity contribution < 1.29 is 28.2 Å². The van der Waals surface area contributed by atoms with Crippen molar-refractivity contribution in [1.29, 1.82) is 0 Å². The molecule has 3 N–H and O–H groups in total. The van der Waals surface area contributed by atoms with Gasteiger partial charge in [-0.1, -0.05) is 0 Å². The van der Waals surface area contributed by atoms with Crippen molar-refractivity contribution in [2.24, 2.45) is 5.10 Å². The number of amides is 1. The average molecular weight is 262 g/mol. The molecule has 98 valence electrons. The van der Waals surface area contributed by atoms with Crippen molar-refractivity contribution in [3.63, 3.8) is 0 Å². The second kappa shape index (κ2) is 5.50. The number of hydrogen-bond acceptors (Lipinski definition) is 3. The predicted octanol–water partition coefficient (Wildman–Crippen LogP) is 1.46. The van der Waals surface area contributed by atoms with E-state index in [9.17, 15) is 23.1 Å². The largest absolute Gasteiger partial charge is 0.464 e. The van der Waals surface area contributed by atoms with Crippen LogP contribution in [0.25, 0.3) is 0 Å². The van der Waals surface area contributed by atoms with Crippen LogP contribution in [0.4, 0.5) is 18.0 Å². The standard InChI is InChI=1S/C10H9F3N2O3/c1-4(16)9(14-15-10(17)18)5-2-6(11)8(13)7(12)3-5/h2-4,15-16H,1H3,(H,17,18). The molecule has 0 saturated carbocycles. The van der Waals surface area contributed by atoms with Crippen LogP contribution in [0.5, 0.6) is 0 Å². The van der Waals surface area contributed by atoms with Gasteiger partial charge in [0.2, 0.25) is 0 Å². The Bertz CT molecular complexity index is 480. The molecular formula is C10H9F3N2O3. The average Bonchev–Trinajstić information content (AvgIpc) is 2.25. The molecule has 1 unspecified atom stereocenters. The van der Waals surface area contributed by atoms with Crippen LogP contribution in [0, 0.1) is 17.5 Å². The number of nitrogens with one attached hydrogen (secondary N) is 1. The first-order chi connectivity index (χ1) is 8.32. The number of hydrazone groups is 1. The third-order valence-corrected chi connectivity index (χ3v) is 1.95. The van der Waals surface area contributed by atoms with Crippen LogP contribution >= 0.6 is 0 Å². The molecule has 18 heavy (non-hydrogen) atoms. The van der Waals surface area contributed by atoms with Crippen molar-refractivity contribution in [2.75, 3.05) is 0 Å². The van der Waals surface area contributed by atoms with Crippen LogP contribution < -0.4 is 5.43 Å². The molecule has 0 aliphatic rings. The molecule has 1 aromatic rings. The first-order valence-electron chi connectivity index (χ1n) is 4.72. The van der Waals surface area contributed by atoms with Gasteiger partial charge in [0.1, 0.15) is 0 Å². The van der Waals surface area contributed by atoms with Gasteiger partial charge in [0.15, 0.2) is 17.5 Å². The summed E-state index contributed by atoms with van der Waals surface area (Å²) in [6.07, 6.45) is -2.82. The molecule has 0 spiro atoms. The maximum absolute atomic E-state index is 13.0. The Hall–Kier alpha value is -2.09. The Morgan fingerprint density at radius 1 is 1.33 bits per heavy atom. The summed E-state index contributed by atoms with van der Waals surface area (Å²) in [7, 11) is 0. The van der Waals surface area contributed by atoms with Gasteiger partial charge in [-0.2, -0.15) is 5.10 Å². The fraction of sp³-hybridized carbons (Fsp3) is 0.200. The highest BCUT2D eigenvalue weighted by Gasteiger charge is 2.17. The molecule has 0 fully saturated rings. The van der Waals surface area contributed by atoms with Crippen molar-refractivity contribution >= 4 is 11.8 Å². The summed E-state index contributed by atoms with van der Waals surface area (Å²) in [6, 6.07) is 1.21. The minimum absolute atomic E-state index is 0.268. The van der Waals surface area contributed by atoms with E-state index in [1.165, 1.54) is 6.92 Å². The molecule has 5 nitrogen and oxygen atoms in total. The topological polar surface area (TPSA) is 81.9 Å². The number of carboxylic acid groups (broad SMARTS) is 1. The van der Waals surface area contributed by atoms with Crippen molar-refractivity contribution in [3.05, 3.63) is 35.1 Å². The first kappa shape index (κ1) is 14.0. The summed E-state index contributed by atoms with van der Waals surface area (Å²) in [5, 5.41) is 20.9. The van der Waals surface area contributed by atoms with Crippen LogP contribution in [0.3, 0.4) is 0 Å². The van der Waals surface area contributed by atoms with Gasteiger partial charge in [-0.25, -0.2) is 23.4 Å². The molecule has 0 radical (unpaired) electrons. The van der Waals surface area contributed by atoms with Gasteiger partial charge < -0.3 is 10.2 Å². The van der Waals surface area contributed by atoms with Crippen LogP contribution in [-0.4, -0.2) is 28.1 Å². The molecule has 1 rings (SSSR count). The van der Waals surface area contributed by atoms with E-state index in [0.29, 0.717) is 12.1 Å². The molecule has 1 atom stereocenters. The van der Waals surface area contributed by atoms with Crippen molar-refractivity contribution in [1.82, 2.24) is 5.43 Å². The number of rotatable bonds is 3. The van der Waals surface area contributed by atoms with Crippen molar-refractivity contribution in [3.8, 4) is 0 Å². The molecule has 1 aromatic carbocycles. The second-order valence-corrected chi connectivity index (χ2v) is 3.34. The molecule has 0 aliphatic heterocycles. The molecule has 0 aliphatic carbocycles. The Balaban J connectivity index is 3.22. The quantitative estimate of drug-likeness (QED) is 0.438. The third kappa shape index (κ3) is 3.20. The number of carbonyl (C=O) groups is 1. The maximum atomic E-state index is 13.0. The van der Waals surface area contributed by atoms with Gasteiger partial charge >= 0.3 is 6.09 Å². The summed E-state index contributed by atoms with van der Waals surface area (Å²) in [5.74, 6) is -4.59. The van der Waals surface area contributed by atoms with Crippen LogP contribution in [0.2, 0.25) is 0 Å². The first-order valence-corrected chi connectivity index (χ1v) is 4.72. The van der Waals surface area contributed by atoms with Gasteiger partial charge in [-0.3, -0.25) is 0 Å². The Kier molecular flexibility index (Phi) is 4.27.